The summed E-state index contributed by atoms with van der Waals surface area (Å²) in [4.78, 5) is 4.20. The molecule has 106 valence electrons. The Hall–Kier alpha value is -2.13. The number of nitrogens with zero attached hydrogens (tertiary/aromatic N) is 2. The summed E-state index contributed by atoms with van der Waals surface area (Å²) in [7, 11) is 0. The largest absolute Gasteiger partial charge is 0.343 e. The second-order valence-electron chi connectivity index (χ2n) is 5.85. The Balaban J connectivity index is 1.60. The van der Waals surface area contributed by atoms with Crippen molar-refractivity contribution in [1.29, 1.82) is 0 Å². The summed E-state index contributed by atoms with van der Waals surface area (Å²) in [5.74, 6) is 0. The average Bonchev–Trinajstić information content (AvgIpc) is 3.28. The van der Waals surface area contributed by atoms with Crippen molar-refractivity contribution >= 4 is 10.9 Å². The maximum atomic E-state index is 4.20. The molecule has 0 saturated heterocycles. The lowest BCUT2D eigenvalue weighted by Crippen LogP contribution is -2.15. The lowest BCUT2D eigenvalue weighted by molar-refractivity contribution is 0.688. The number of benzene rings is 1. The maximum Gasteiger partial charge on any atom is 0.0491 e. The molecule has 0 radical (unpaired) electrons. The van der Waals surface area contributed by atoms with Gasteiger partial charge in [0.1, 0.15) is 0 Å². The van der Waals surface area contributed by atoms with E-state index in [1.807, 2.05) is 18.5 Å². The Morgan fingerprint density at radius 3 is 2.90 bits per heavy atom. The van der Waals surface area contributed by atoms with Crippen LogP contribution in [0.1, 0.15) is 24.0 Å². The number of fused-ring (bicyclic) bond motifs is 1. The van der Waals surface area contributed by atoms with Gasteiger partial charge in [0.2, 0.25) is 0 Å². The maximum absolute atomic E-state index is 4.20. The summed E-state index contributed by atoms with van der Waals surface area (Å²) < 4.78 is 2.30. The summed E-state index contributed by atoms with van der Waals surface area (Å²) in [5.41, 5.74) is 3.89. The minimum Gasteiger partial charge on any atom is -0.343 e. The van der Waals surface area contributed by atoms with Gasteiger partial charge in [-0.15, -0.1) is 0 Å². The average molecular weight is 277 g/mol. The summed E-state index contributed by atoms with van der Waals surface area (Å²) in [5, 5.41) is 4.88. The number of hydrogen-bond donors (Lipinski definition) is 1. The number of pyridine rings is 1. The second-order valence-corrected chi connectivity index (χ2v) is 5.85. The standard InChI is InChI=1S/C18H19N3/c1-2-15(11-19-8-1)13-21-9-7-16-4-3-14(10-18(16)21)12-20-17-5-6-17/h1-4,7-11,17,20H,5-6,12-13H2. The smallest absolute Gasteiger partial charge is 0.0491 e. The predicted octanol–water partition coefficient (Wildman–Crippen LogP) is 3.34. The van der Waals surface area contributed by atoms with Gasteiger partial charge in [-0.25, -0.2) is 0 Å². The normalized spacial score (nSPS) is 14.7. The van der Waals surface area contributed by atoms with E-state index < -0.39 is 0 Å². The van der Waals surface area contributed by atoms with Crippen LogP contribution < -0.4 is 5.32 Å². The lowest BCUT2D eigenvalue weighted by atomic mass is 10.1. The van der Waals surface area contributed by atoms with Gasteiger partial charge in [-0.05, 0) is 47.6 Å². The molecule has 0 unspecified atom stereocenters. The van der Waals surface area contributed by atoms with Crippen molar-refractivity contribution in [3.8, 4) is 0 Å². The fourth-order valence-electron chi connectivity index (χ4n) is 2.72. The predicted molar refractivity (Wildman–Crippen MR) is 85.1 cm³/mol. The van der Waals surface area contributed by atoms with Gasteiger partial charge in [0.05, 0.1) is 0 Å². The highest BCUT2D eigenvalue weighted by Gasteiger charge is 2.19. The molecule has 0 bridgehead atoms. The van der Waals surface area contributed by atoms with Crippen molar-refractivity contribution in [3.05, 3.63) is 66.1 Å². The van der Waals surface area contributed by atoms with Crippen molar-refractivity contribution in [2.45, 2.75) is 32.0 Å². The molecule has 21 heavy (non-hydrogen) atoms. The Morgan fingerprint density at radius 2 is 2.10 bits per heavy atom. The van der Waals surface area contributed by atoms with Gasteiger partial charge in [-0.1, -0.05) is 18.2 Å². The highest BCUT2D eigenvalue weighted by Crippen LogP contribution is 2.22. The van der Waals surface area contributed by atoms with E-state index in [1.165, 1.54) is 34.9 Å². The molecule has 2 aromatic heterocycles. The van der Waals surface area contributed by atoms with Crippen molar-refractivity contribution in [2.75, 3.05) is 0 Å². The van der Waals surface area contributed by atoms with E-state index in [0.29, 0.717) is 0 Å². The zero-order valence-corrected chi connectivity index (χ0v) is 12.0. The number of nitrogens with one attached hydrogen (secondary N) is 1. The molecule has 0 spiro atoms. The molecule has 0 aliphatic heterocycles. The lowest BCUT2D eigenvalue weighted by Gasteiger charge is -2.08. The molecule has 3 nitrogen and oxygen atoms in total. The highest BCUT2D eigenvalue weighted by molar-refractivity contribution is 5.81. The summed E-state index contributed by atoms with van der Waals surface area (Å²) in [6, 6.07) is 13.8. The SMILES string of the molecule is c1cncc(Cn2ccc3ccc(CNC4CC4)cc32)c1. The zero-order chi connectivity index (χ0) is 14.1. The van der Waals surface area contributed by atoms with Crippen molar-refractivity contribution in [3.63, 3.8) is 0 Å². The van der Waals surface area contributed by atoms with Crippen LogP contribution in [0.15, 0.2) is 55.0 Å². The van der Waals surface area contributed by atoms with E-state index >= 15 is 0 Å². The van der Waals surface area contributed by atoms with Gasteiger partial charge in [-0.2, -0.15) is 0 Å². The molecule has 3 heteroatoms. The Kier molecular flexibility index (Phi) is 3.20. The van der Waals surface area contributed by atoms with Crippen molar-refractivity contribution < 1.29 is 0 Å². The van der Waals surface area contributed by atoms with Crippen LogP contribution in [0.5, 0.6) is 0 Å². The van der Waals surface area contributed by atoms with Gasteiger partial charge in [0.25, 0.3) is 0 Å². The van der Waals surface area contributed by atoms with E-state index in [0.717, 1.165) is 19.1 Å². The van der Waals surface area contributed by atoms with Gasteiger partial charge in [0, 0.05) is 43.2 Å². The first-order valence-electron chi connectivity index (χ1n) is 7.58. The fourth-order valence-corrected chi connectivity index (χ4v) is 2.72. The monoisotopic (exact) mass is 277 g/mol. The minimum absolute atomic E-state index is 0.753. The van der Waals surface area contributed by atoms with E-state index in [4.69, 9.17) is 0 Å². The van der Waals surface area contributed by atoms with Gasteiger partial charge in [0.15, 0.2) is 0 Å². The number of rotatable bonds is 5. The first-order valence-corrected chi connectivity index (χ1v) is 7.58. The third-order valence-electron chi connectivity index (χ3n) is 4.09. The van der Waals surface area contributed by atoms with E-state index in [1.54, 1.807) is 0 Å². The van der Waals surface area contributed by atoms with Gasteiger partial charge in [-0.3, -0.25) is 4.98 Å². The van der Waals surface area contributed by atoms with E-state index in [9.17, 15) is 0 Å². The molecule has 1 aromatic carbocycles. The first-order chi connectivity index (χ1) is 10.4. The van der Waals surface area contributed by atoms with Crippen LogP contribution in [0.2, 0.25) is 0 Å². The quantitative estimate of drug-likeness (QED) is 0.775. The highest BCUT2D eigenvalue weighted by atomic mass is 15.0. The molecule has 1 fully saturated rings. The van der Waals surface area contributed by atoms with Gasteiger partial charge >= 0.3 is 0 Å². The number of aromatic nitrogens is 2. The van der Waals surface area contributed by atoms with E-state index in [-0.39, 0.29) is 0 Å². The van der Waals surface area contributed by atoms with Gasteiger partial charge < -0.3 is 9.88 Å². The summed E-state index contributed by atoms with van der Waals surface area (Å²) in [6.07, 6.45) is 8.58. The molecule has 0 amide bonds. The zero-order valence-electron chi connectivity index (χ0n) is 12.0. The molecule has 1 N–H and O–H groups in total. The van der Waals surface area contributed by atoms with Crippen LogP contribution in [0, 0.1) is 0 Å². The van der Waals surface area contributed by atoms with Crippen molar-refractivity contribution in [1.82, 2.24) is 14.9 Å². The molecule has 3 aromatic rings. The van der Waals surface area contributed by atoms with Crippen molar-refractivity contribution in [2.24, 2.45) is 0 Å². The van der Waals surface area contributed by atoms with E-state index in [2.05, 4.69) is 51.4 Å². The minimum atomic E-state index is 0.753. The molecular weight excluding hydrogens is 258 g/mol. The molecule has 1 saturated carbocycles. The second kappa shape index (κ2) is 5.34. The van der Waals surface area contributed by atoms with Crippen LogP contribution in [0.3, 0.4) is 0 Å². The van der Waals surface area contributed by atoms with Crippen LogP contribution in [-0.2, 0) is 13.1 Å². The molecule has 0 atom stereocenters. The fraction of sp³-hybridized carbons (Fsp3) is 0.278. The van der Waals surface area contributed by atoms with Crippen LogP contribution in [-0.4, -0.2) is 15.6 Å². The topological polar surface area (TPSA) is 29.9 Å². The molecule has 2 heterocycles. The Morgan fingerprint density at radius 1 is 1.14 bits per heavy atom. The first kappa shape index (κ1) is 12.6. The third kappa shape index (κ3) is 2.83. The molecule has 4 rings (SSSR count). The summed E-state index contributed by atoms with van der Waals surface area (Å²) >= 11 is 0. The Bertz CT molecular complexity index is 742. The summed E-state index contributed by atoms with van der Waals surface area (Å²) in [6.45, 7) is 1.84. The molecular formula is C18H19N3. The van der Waals surface area contributed by atoms with Crippen LogP contribution >= 0.6 is 0 Å². The van der Waals surface area contributed by atoms with Crippen LogP contribution in [0.4, 0.5) is 0 Å². The molecule has 1 aliphatic rings. The number of hydrogen-bond acceptors (Lipinski definition) is 2. The molecule has 1 aliphatic carbocycles. The third-order valence-corrected chi connectivity index (χ3v) is 4.09. The van der Waals surface area contributed by atoms with Crippen LogP contribution in [0.25, 0.3) is 10.9 Å². The Labute approximate surface area is 124 Å².